The van der Waals surface area contributed by atoms with Crippen molar-refractivity contribution in [2.24, 2.45) is 0 Å². The van der Waals surface area contributed by atoms with Crippen LogP contribution in [0.3, 0.4) is 0 Å². The predicted octanol–water partition coefficient (Wildman–Crippen LogP) is 0.600. The Kier molecular flexibility index (Phi) is 6.17. The van der Waals surface area contributed by atoms with Gasteiger partial charge in [-0.15, -0.1) is 0 Å². The number of benzene rings is 1. The van der Waals surface area contributed by atoms with Crippen LogP contribution >= 0.6 is 0 Å². The van der Waals surface area contributed by atoms with Crippen molar-refractivity contribution in [3.8, 4) is 0 Å². The van der Waals surface area contributed by atoms with Crippen molar-refractivity contribution < 1.29 is 28.7 Å². The number of nitrogens with zero attached hydrogens (tertiary/aromatic N) is 1. The Balaban J connectivity index is 1.50. The van der Waals surface area contributed by atoms with Crippen molar-refractivity contribution in [3.05, 3.63) is 35.4 Å². The van der Waals surface area contributed by atoms with Crippen molar-refractivity contribution >= 4 is 23.8 Å². The van der Waals surface area contributed by atoms with E-state index in [4.69, 9.17) is 9.47 Å². The number of esters is 1. The first kappa shape index (κ1) is 20.8. The van der Waals surface area contributed by atoms with Crippen LogP contribution in [0.5, 0.6) is 0 Å². The average molecular weight is 403 g/mol. The smallest absolute Gasteiger partial charge is 0.326 e. The number of ether oxygens (including phenoxy) is 2. The number of imide groups is 1. The second kappa shape index (κ2) is 8.60. The molecule has 0 radical (unpaired) electrons. The molecule has 2 aliphatic rings. The zero-order valence-corrected chi connectivity index (χ0v) is 16.5. The van der Waals surface area contributed by atoms with E-state index in [1.807, 2.05) is 19.1 Å². The highest BCUT2D eigenvalue weighted by Crippen LogP contribution is 2.28. The number of hydrogen-bond acceptors (Lipinski definition) is 6. The number of carbonyl (C=O) groups excluding carboxylic acids is 4. The second-order valence-corrected chi connectivity index (χ2v) is 7.41. The molecule has 1 aromatic rings. The lowest BCUT2D eigenvalue weighted by Gasteiger charge is -2.22. The van der Waals surface area contributed by atoms with Crippen LogP contribution in [0.1, 0.15) is 30.9 Å². The third-order valence-corrected chi connectivity index (χ3v) is 5.11. The topological polar surface area (TPSA) is 114 Å². The van der Waals surface area contributed by atoms with Gasteiger partial charge in [-0.05, 0) is 32.3 Å². The second-order valence-electron chi connectivity index (χ2n) is 7.41. The molecule has 3 rings (SSSR count). The number of carbonyl (C=O) groups is 4. The van der Waals surface area contributed by atoms with Crippen molar-refractivity contribution in [2.45, 2.75) is 38.3 Å². The van der Waals surface area contributed by atoms with Gasteiger partial charge in [0.1, 0.15) is 12.1 Å². The minimum Gasteiger partial charge on any atom is -0.454 e. The molecule has 2 atom stereocenters. The highest BCUT2D eigenvalue weighted by molar-refractivity contribution is 6.08. The molecule has 29 heavy (non-hydrogen) atoms. The van der Waals surface area contributed by atoms with Crippen molar-refractivity contribution in [3.63, 3.8) is 0 Å². The van der Waals surface area contributed by atoms with Crippen LogP contribution < -0.4 is 10.6 Å². The third-order valence-electron chi connectivity index (χ3n) is 5.11. The fraction of sp³-hybridized carbons (Fsp3) is 0.500. The quantitative estimate of drug-likeness (QED) is 0.509. The fourth-order valence-electron chi connectivity index (χ4n) is 3.33. The standard InChI is InChI=1S/C20H25N3O6/c1-13-5-7-14(8-6-13)20(2)18(26)23(19(27)22-20)11-17(25)29-12-16(24)21-10-15-4-3-9-28-15/h5-8,15H,3-4,9-12H2,1-2H3,(H,21,24)(H,22,27)/t15-,20+/m0/s1. The molecule has 0 bridgehead atoms. The van der Waals surface area contributed by atoms with Gasteiger partial charge in [-0.2, -0.15) is 0 Å². The predicted molar refractivity (Wildman–Crippen MR) is 102 cm³/mol. The van der Waals surface area contributed by atoms with Crippen LogP contribution in [0.15, 0.2) is 24.3 Å². The maximum Gasteiger partial charge on any atom is 0.326 e. The van der Waals surface area contributed by atoms with Crippen molar-refractivity contribution in [1.29, 1.82) is 0 Å². The molecule has 1 aromatic carbocycles. The molecule has 156 valence electrons. The number of nitrogens with one attached hydrogen (secondary N) is 2. The first-order chi connectivity index (χ1) is 13.8. The first-order valence-electron chi connectivity index (χ1n) is 9.55. The minimum atomic E-state index is -1.26. The van der Waals surface area contributed by atoms with Crippen LogP contribution in [0.25, 0.3) is 0 Å². The molecule has 4 amide bonds. The summed E-state index contributed by atoms with van der Waals surface area (Å²) in [5.74, 6) is -1.85. The Hall–Kier alpha value is -2.94. The molecule has 2 aliphatic heterocycles. The molecule has 9 nitrogen and oxygen atoms in total. The number of hydrogen-bond donors (Lipinski definition) is 2. The Bertz CT molecular complexity index is 803. The van der Waals surface area contributed by atoms with E-state index in [0.29, 0.717) is 18.7 Å². The third kappa shape index (κ3) is 4.73. The van der Waals surface area contributed by atoms with E-state index in [1.165, 1.54) is 0 Å². The summed E-state index contributed by atoms with van der Waals surface area (Å²) >= 11 is 0. The van der Waals surface area contributed by atoms with Gasteiger partial charge in [0.25, 0.3) is 11.8 Å². The molecule has 2 saturated heterocycles. The molecule has 0 spiro atoms. The number of rotatable bonds is 7. The normalized spacial score (nSPS) is 23.8. The van der Waals surface area contributed by atoms with E-state index in [1.54, 1.807) is 19.1 Å². The molecule has 2 fully saturated rings. The zero-order chi connectivity index (χ0) is 21.0. The molecule has 0 aromatic heterocycles. The number of amides is 4. The van der Waals surface area contributed by atoms with Gasteiger partial charge in [0.15, 0.2) is 6.61 Å². The summed E-state index contributed by atoms with van der Waals surface area (Å²) in [6, 6.07) is 6.51. The largest absolute Gasteiger partial charge is 0.454 e. The molecular weight excluding hydrogens is 378 g/mol. The summed E-state index contributed by atoms with van der Waals surface area (Å²) in [6.07, 6.45) is 1.83. The van der Waals surface area contributed by atoms with Crippen LogP contribution in [-0.4, -0.2) is 61.1 Å². The van der Waals surface area contributed by atoms with Crippen LogP contribution in [0.4, 0.5) is 4.79 Å². The van der Waals surface area contributed by atoms with Crippen LogP contribution in [-0.2, 0) is 29.4 Å². The average Bonchev–Trinajstić information content (AvgIpc) is 3.28. The summed E-state index contributed by atoms with van der Waals surface area (Å²) in [4.78, 5) is 49.7. The molecule has 0 aliphatic carbocycles. The lowest BCUT2D eigenvalue weighted by atomic mass is 9.91. The van der Waals surface area contributed by atoms with E-state index in [-0.39, 0.29) is 6.10 Å². The number of aryl methyl sites for hydroxylation is 1. The van der Waals surface area contributed by atoms with Crippen molar-refractivity contribution in [1.82, 2.24) is 15.5 Å². The lowest BCUT2D eigenvalue weighted by Crippen LogP contribution is -2.42. The molecule has 2 heterocycles. The number of urea groups is 1. The highest BCUT2D eigenvalue weighted by atomic mass is 16.5. The summed E-state index contributed by atoms with van der Waals surface area (Å²) in [5.41, 5.74) is 0.377. The maximum absolute atomic E-state index is 12.8. The van der Waals surface area contributed by atoms with E-state index in [9.17, 15) is 19.2 Å². The van der Waals surface area contributed by atoms with E-state index in [0.717, 1.165) is 23.3 Å². The lowest BCUT2D eigenvalue weighted by molar-refractivity contribution is -0.151. The van der Waals surface area contributed by atoms with Gasteiger partial charge in [0.05, 0.1) is 6.10 Å². The first-order valence-corrected chi connectivity index (χ1v) is 9.55. The van der Waals surface area contributed by atoms with Gasteiger partial charge in [0, 0.05) is 13.2 Å². The van der Waals surface area contributed by atoms with Gasteiger partial charge in [-0.1, -0.05) is 29.8 Å². The van der Waals surface area contributed by atoms with E-state index < -0.39 is 42.5 Å². The van der Waals surface area contributed by atoms with Crippen LogP contribution in [0, 0.1) is 6.92 Å². The Labute approximate surface area is 168 Å². The summed E-state index contributed by atoms with van der Waals surface area (Å²) in [6.45, 7) is 3.50. The minimum absolute atomic E-state index is 0.0139. The van der Waals surface area contributed by atoms with E-state index in [2.05, 4.69) is 10.6 Å². The summed E-state index contributed by atoms with van der Waals surface area (Å²) in [5, 5.41) is 5.25. The summed E-state index contributed by atoms with van der Waals surface area (Å²) < 4.78 is 10.3. The van der Waals surface area contributed by atoms with Gasteiger partial charge >= 0.3 is 12.0 Å². The molecular formula is C20H25N3O6. The van der Waals surface area contributed by atoms with Crippen molar-refractivity contribution in [2.75, 3.05) is 26.3 Å². The molecule has 2 N–H and O–H groups in total. The van der Waals surface area contributed by atoms with Gasteiger partial charge in [-0.25, -0.2) is 4.79 Å². The molecule has 0 unspecified atom stereocenters. The molecule has 9 heteroatoms. The Morgan fingerprint density at radius 1 is 1.31 bits per heavy atom. The fourth-order valence-corrected chi connectivity index (χ4v) is 3.33. The summed E-state index contributed by atoms with van der Waals surface area (Å²) in [7, 11) is 0. The SMILES string of the molecule is Cc1ccc([C@@]2(C)NC(=O)N(CC(=O)OCC(=O)NC[C@@H]3CCCO3)C2=O)cc1. The van der Waals surface area contributed by atoms with Gasteiger partial charge in [0.2, 0.25) is 0 Å². The van der Waals surface area contributed by atoms with Crippen LogP contribution in [0.2, 0.25) is 0 Å². The Morgan fingerprint density at radius 3 is 2.69 bits per heavy atom. The highest BCUT2D eigenvalue weighted by Gasteiger charge is 2.49. The Morgan fingerprint density at radius 2 is 2.03 bits per heavy atom. The monoisotopic (exact) mass is 403 g/mol. The van der Waals surface area contributed by atoms with Gasteiger partial charge in [-0.3, -0.25) is 19.3 Å². The van der Waals surface area contributed by atoms with Gasteiger partial charge < -0.3 is 20.1 Å². The molecule has 0 saturated carbocycles. The zero-order valence-electron chi connectivity index (χ0n) is 16.5. The maximum atomic E-state index is 12.8. The van der Waals surface area contributed by atoms with E-state index >= 15 is 0 Å².